The Bertz CT molecular complexity index is 334. The zero-order valence-corrected chi connectivity index (χ0v) is 10.2. The third-order valence-corrected chi connectivity index (χ3v) is 3.53. The Kier molecular flexibility index (Phi) is 3.46. The Morgan fingerprint density at radius 2 is 2.12 bits per heavy atom. The van der Waals surface area contributed by atoms with Crippen molar-refractivity contribution in [3.05, 3.63) is 24.0 Å². The number of hydrogen-bond acceptors (Lipinski definition) is 2. The lowest BCUT2D eigenvalue weighted by molar-refractivity contribution is -0.137. The van der Waals surface area contributed by atoms with Crippen LogP contribution in [0.4, 0.5) is 0 Å². The molecular weight excluding hydrogens is 204 g/mol. The quantitative estimate of drug-likeness (QED) is 0.773. The molecule has 0 aromatic rings. The number of rotatable bonds is 3. The van der Waals surface area contributed by atoms with Crippen molar-refractivity contribution in [2.24, 2.45) is 10.8 Å². The van der Waals surface area contributed by atoms with Crippen molar-refractivity contribution in [3.8, 4) is 0 Å². The Morgan fingerprint density at radius 1 is 1.50 bits per heavy atom. The van der Waals surface area contributed by atoms with Crippen LogP contribution in [0.1, 0.15) is 40.0 Å². The Morgan fingerprint density at radius 3 is 2.50 bits per heavy atom. The van der Waals surface area contributed by atoms with Gasteiger partial charge in [-0.1, -0.05) is 26.8 Å². The molecule has 2 N–H and O–H groups in total. The number of hydrogen-bond donors (Lipinski definition) is 2. The van der Waals surface area contributed by atoms with Gasteiger partial charge >= 0.3 is 5.97 Å². The molecule has 0 fully saturated rings. The van der Waals surface area contributed by atoms with Crippen molar-refractivity contribution in [3.63, 3.8) is 0 Å². The molecule has 0 bridgehead atoms. The summed E-state index contributed by atoms with van der Waals surface area (Å²) in [6, 6.07) is 0. The summed E-state index contributed by atoms with van der Waals surface area (Å²) >= 11 is 0. The topological polar surface area (TPSA) is 57.5 Å². The summed E-state index contributed by atoms with van der Waals surface area (Å²) in [5.74, 6) is -0.494. The first kappa shape index (κ1) is 12.8. The highest BCUT2D eigenvalue weighted by molar-refractivity contribution is 5.66. The number of carboxylic acid groups (broad SMARTS) is 1. The maximum absolute atomic E-state index is 10.7. The summed E-state index contributed by atoms with van der Waals surface area (Å²) in [7, 11) is 0. The number of aliphatic carboxylic acids is 1. The monoisotopic (exact) mass is 224 g/mol. The SMILES string of the molecule is CC(C)(C)C1(CCC(=O)O)C=CC(O)=CC1. The maximum Gasteiger partial charge on any atom is 0.303 e. The second kappa shape index (κ2) is 4.32. The molecule has 16 heavy (non-hydrogen) atoms. The fourth-order valence-corrected chi connectivity index (χ4v) is 2.11. The highest BCUT2D eigenvalue weighted by Gasteiger charge is 2.40. The van der Waals surface area contributed by atoms with Crippen LogP contribution in [0.15, 0.2) is 24.0 Å². The van der Waals surface area contributed by atoms with Crippen LogP contribution in [-0.2, 0) is 4.79 Å². The Hall–Kier alpha value is -1.25. The van der Waals surface area contributed by atoms with Crippen molar-refractivity contribution >= 4 is 5.97 Å². The molecule has 0 spiro atoms. The molecule has 1 unspecified atom stereocenters. The highest BCUT2D eigenvalue weighted by Crippen LogP contribution is 2.48. The van der Waals surface area contributed by atoms with Crippen molar-refractivity contribution < 1.29 is 15.0 Å². The van der Waals surface area contributed by atoms with E-state index in [2.05, 4.69) is 20.8 Å². The number of carboxylic acids is 1. The van der Waals surface area contributed by atoms with E-state index in [9.17, 15) is 9.90 Å². The van der Waals surface area contributed by atoms with Crippen molar-refractivity contribution in [2.75, 3.05) is 0 Å². The molecule has 0 aliphatic heterocycles. The smallest absolute Gasteiger partial charge is 0.303 e. The van der Waals surface area contributed by atoms with Crippen LogP contribution in [-0.4, -0.2) is 16.2 Å². The molecule has 90 valence electrons. The molecule has 0 aromatic heterocycles. The maximum atomic E-state index is 10.7. The van der Waals surface area contributed by atoms with E-state index in [-0.39, 0.29) is 23.0 Å². The molecule has 3 nitrogen and oxygen atoms in total. The summed E-state index contributed by atoms with van der Waals surface area (Å²) in [5, 5.41) is 18.1. The predicted octanol–water partition coefficient (Wildman–Crippen LogP) is 3.29. The molecule has 1 rings (SSSR count). The van der Waals surface area contributed by atoms with E-state index < -0.39 is 5.97 Å². The fraction of sp³-hybridized carbons (Fsp3) is 0.615. The third-order valence-electron chi connectivity index (χ3n) is 3.53. The number of aliphatic hydroxyl groups is 1. The minimum absolute atomic E-state index is 0.0177. The normalized spacial score (nSPS) is 25.3. The summed E-state index contributed by atoms with van der Waals surface area (Å²) in [5.41, 5.74) is -0.187. The third kappa shape index (κ3) is 2.65. The standard InChI is InChI=1S/C13H20O3/c1-12(2,3)13(9-6-11(15)16)7-4-10(14)5-8-13/h4-5,7,14H,6,8-9H2,1-3H3,(H,15,16). The first-order chi connectivity index (χ1) is 7.27. The van der Waals surface area contributed by atoms with Crippen LogP contribution in [0.2, 0.25) is 0 Å². The number of aliphatic hydroxyl groups excluding tert-OH is 1. The first-order valence-corrected chi connectivity index (χ1v) is 5.57. The van der Waals surface area contributed by atoms with Gasteiger partial charge in [0.1, 0.15) is 5.76 Å². The van der Waals surface area contributed by atoms with Crippen LogP contribution < -0.4 is 0 Å². The van der Waals surface area contributed by atoms with Gasteiger partial charge in [-0.05, 0) is 35.8 Å². The van der Waals surface area contributed by atoms with Crippen molar-refractivity contribution in [1.29, 1.82) is 0 Å². The summed E-state index contributed by atoms with van der Waals surface area (Å²) < 4.78 is 0. The molecular formula is C13H20O3. The van der Waals surface area contributed by atoms with E-state index in [4.69, 9.17) is 5.11 Å². The van der Waals surface area contributed by atoms with E-state index >= 15 is 0 Å². The second-order valence-electron chi connectivity index (χ2n) is 5.47. The Labute approximate surface area is 96.5 Å². The number of carbonyl (C=O) groups is 1. The van der Waals surface area contributed by atoms with Gasteiger partial charge in [-0.25, -0.2) is 0 Å². The van der Waals surface area contributed by atoms with E-state index in [1.54, 1.807) is 12.2 Å². The van der Waals surface area contributed by atoms with Crippen LogP contribution in [0.5, 0.6) is 0 Å². The van der Waals surface area contributed by atoms with Crippen LogP contribution in [0.25, 0.3) is 0 Å². The van der Waals surface area contributed by atoms with Gasteiger partial charge in [0.25, 0.3) is 0 Å². The van der Waals surface area contributed by atoms with Gasteiger partial charge < -0.3 is 10.2 Å². The van der Waals surface area contributed by atoms with Gasteiger partial charge in [-0.15, -0.1) is 0 Å². The molecule has 1 atom stereocenters. The van der Waals surface area contributed by atoms with Gasteiger partial charge in [-0.3, -0.25) is 4.79 Å². The molecule has 0 aromatic carbocycles. The van der Waals surface area contributed by atoms with Gasteiger partial charge in [0.15, 0.2) is 0 Å². The number of allylic oxidation sites excluding steroid dienone is 3. The van der Waals surface area contributed by atoms with E-state index in [0.717, 1.165) is 0 Å². The van der Waals surface area contributed by atoms with Gasteiger partial charge in [0.2, 0.25) is 0 Å². The van der Waals surface area contributed by atoms with Gasteiger partial charge in [-0.2, -0.15) is 0 Å². The van der Waals surface area contributed by atoms with E-state index in [0.29, 0.717) is 12.8 Å². The summed E-state index contributed by atoms with van der Waals surface area (Å²) in [4.78, 5) is 10.7. The van der Waals surface area contributed by atoms with Crippen LogP contribution in [0.3, 0.4) is 0 Å². The molecule has 1 aliphatic rings. The average molecular weight is 224 g/mol. The predicted molar refractivity (Wildman–Crippen MR) is 63.2 cm³/mol. The lowest BCUT2D eigenvalue weighted by Gasteiger charge is -2.43. The van der Waals surface area contributed by atoms with Crippen LogP contribution in [0, 0.1) is 10.8 Å². The summed E-state index contributed by atoms with van der Waals surface area (Å²) in [6.45, 7) is 6.32. The van der Waals surface area contributed by atoms with Crippen molar-refractivity contribution in [1.82, 2.24) is 0 Å². The minimum Gasteiger partial charge on any atom is -0.508 e. The second-order valence-corrected chi connectivity index (χ2v) is 5.47. The minimum atomic E-state index is -0.768. The van der Waals surface area contributed by atoms with E-state index in [1.165, 1.54) is 0 Å². The molecule has 0 heterocycles. The van der Waals surface area contributed by atoms with Gasteiger partial charge in [0.05, 0.1) is 0 Å². The molecule has 0 saturated carbocycles. The highest BCUT2D eigenvalue weighted by atomic mass is 16.4. The first-order valence-electron chi connectivity index (χ1n) is 5.57. The zero-order valence-electron chi connectivity index (χ0n) is 10.2. The Balaban J connectivity index is 2.88. The summed E-state index contributed by atoms with van der Waals surface area (Å²) in [6.07, 6.45) is 6.88. The molecule has 0 radical (unpaired) electrons. The van der Waals surface area contributed by atoms with E-state index in [1.807, 2.05) is 6.08 Å². The van der Waals surface area contributed by atoms with Crippen LogP contribution >= 0.6 is 0 Å². The largest absolute Gasteiger partial charge is 0.508 e. The average Bonchev–Trinajstić information content (AvgIpc) is 2.15. The lowest BCUT2D eigenvalue weighted by Crippen LogP contribution is -2.35. The molecule has 3 heteroatoms. The fourth-order valence-electron chi connectivity index (χ4n) is 2.11. The van der Waals surface area contributed by atoms with Gasteiger partial charge in [0, 0.05) is 6.42 Å². The molecule has 1 aliphatic carbocycles. The molecule has 0 saturated heterocycles. The zero-order chi connectivity index (χ0) is 12.4. The lowest BCUT2D eigenvalue weighted by atomic mass is 9.61. The van der Waals surface area contributed by atoms with Crippen molar-refractivity contribution in [2.45, 2.75) is 40.0 Å². The molecule has 0 amide bonds.